The average Bonchev–Trinajstić information content (AvgIpc) is 2.28. The van der Waals surface area contributed by atoms with Gasteiger partial charge in [-0.15, -0.1) is 0 Å². The number of hydrogen-bond donors (Lipinski definition) is 4. The summed E-state index contributed by atoms with van der Waals surface area (Å²) in [7, 11) is 0. The van der Waals surface area contributed by atoms with Gasteiger partial charge in [0.1, 0.15) is 18.3 Å². The highest BCUT2D eigenvalue weighted by Gasteiger charge is 2.38. The molecule has 8 nitrogen and oxygen atoms in total. The van der Waals surface area contributed by atoms with Gasteiger partial charge in [0.15, 0.2) is 6.23 Å². The Morgan fingerprint density at radius 1 is 1.29 bits per heavy atom. The standard InChI is InChI=1S/C9H12N2O6/c12-4-3-17-8(7(15)6(4)14)11-2-1-5(13)10-9(11)16/h1-2,4,6-8,12,14-15H,3H2,(H,10,13,16)/t4-,6-,7+,8+/m1/s1. The van der Waals surface area contributed by atoms with Gasteiger partial charge in [-0.3, -0.25) is 14.3 Å². The van der Waals surface area contributed by atoms with E-state index in [1.54, 1.807) is 0 Å². The molecule has 0 spiro atoms. The summed E-state index contributed by atoms with van der Waals surface area (Å²) in [4.78, 5) is 24.3. The van der Waals surface area contributed by atoms with Crippen LogP contribution in [0.4, 0.5) is 0 Å². The number of rotatable bonds is 1. The van der Waals surface area contributed by atoms with Gasteiger partial charge in [-0.2, -0.15) is 0 Å². The molecule has 4 N–H and O–H groups in total. The lowest BCUT2D eigenvalue weighted by Crippen LogP contribution is -2.52. The summed E-state index contributed by atoms with van der Waals surface area (Å²) in [5, 5.41) is 28.4. The van der Waals surface area contributed by atoms with Crippen molar-refractivity contribution in [1.82, 2.24) is 9.55 Å². The summed E-state index contributed by atoms with van der Waals surface area (Å²) >= 11 is 0. The molecule has 1 aromatic heterocycles. The molecule has 1 aromatic rings. The SMILES string of the molecule is O=c1ccn([C@H]2OC[C@@H](O)[C@@H](O)[C@@H]2O)c(=O)[nH]1. The number of H-pyrrole nitrogens is 1. The van der Waals surface area contributed by atoms with Gasteiger partial charge in [0.05, 0.1) is 6.61 Å². The van der Waals surface area contributed by atoms with Crippen molar-refractivity contribution in [2.75, 3.05) is 6.61 Å². The fourth-order valence-electron chi connectivity index (χ4n) is 1.66. The van der Waals surface area contributed by atoms with Crippen molar-refractivity contribution < 1.29 is 20.1 Å². The number of hydrogen-bond acceptors (Lipinski definition) is 6. The third kappa shape index (κ3) is 2.15. The first-order chi connectivity index (χ1) is 8.00. The van der Waals surface area contributed by atoms with Crippen molar-refractivity contribution in [3.05, 3.63) is 33.1 Å². The molecule has 94 valence electrons. The van der Waals surface area contributed by atoms with Crippen LogP contribution in [-0.2, 0) is 4.74 Å². The van der Waals surface area contributed by atoms with Crippen molar-refractivity contribution in [2.24, 2.45) is 0 Å². The first-order valence-electron chi connectivity index (χ1n) is 4.98. The Kier molecular flexibility index (Phi) is 3.11. The molecule has 1 fully saturated rings. The molecule has 0 saturated carbocycles. The number of aromatic nitrogens is 2. The van der Waals surface area contributed by atoms with Gasteiger partial charge < -0.3 is 20.1 Å². The van der Waals surface area contributed by atoms with Gasteiger partial charge in [0, 0.05) is 12.3 Å². The molecule has 0 bridgehead atoms. The van der Waals surface area contributed by atoms with Crippen LogP contribution in [0.5, 0.6) is 0 Å². The monoisotopic (exact) mass is 244 g/mol. The fourth-order valence-corrected chi connectivity index (χ4v) is 1.66. The molecule has 2 rings (SSSR count). The van der Waals surface area contributed by atoms with Crippen LogP contribution >= 0.6 is 0 Å². The van der Waals surface area contributed by atoms with Crippen LogP contribution in [0, 0.1) is 0 Å². The molecular formula is C9H12N2O6. The lowest BCUT2D eigenvalue weighted by Gasteiger charge is -2.35. The zero-order valence-corrected chi connectivity index (χ0v) is 8.68. The number of aliphatic hydroxyl groups is 3. The van der Waals surface area contributed by atoms with Gasteiger partial charge in [-0.05, 0) is 0 Å². The van der Waals surface area contributed by atoms with E-state index in [9.17, 15) is 24.9 Å². The van der Waals surface area contributed by atoms with Gasteiger partial charge in [-0.25, -0.2) is 4.79 Å². The third-order valence-corrected chi connectivity index (χ3v) is 2.60. The lowest BCUT2D eigenvalue weighted by molar-refractivity contribution is -0.212. The zero-order chi connectivity index (χ0) is 12.6. The molecule has 1 aliphatic rings. The van der Waals surface area contributed by atoms with Crippen molar-refractivity contribution in [3.8, 4) is 0 Å². The Morgan fingerprint density at radius 2 is 2.00 bits per heavy atom. The number of nitrogens with one attached hydrogen (secondary N) is 1. The molecule has 0 unspecified atom stereocenters. The Morgan fingerprint density at radius 3 is 2.65 bits per heavy atom. The van der Waals surface area contributed by atoms with Crippen LogP contribution in [0.25, 0.3) is 0 Å². The molecule has 0 aliphatic carbocycles. The highest BCUT2D eigenvalue weighted by atomic mass is 16.5. The Balaban J connectivity index is 2.34. The summed E-state index contributed by atoms with van der Waals surface area (Å²) in [6.45, 7) is -0.214. The predicted octanol–water partition coefficient (Wildman–Crippen LogP) is -2.85. The molecule has 4 atom stereocenters. The summed E-state index contributed by atoms with van der Waals surface area (Å²) in [5.41, 5.74) is -1.33. The van der Waals surface area contributed by atoms with Crippen LogP contribution in [0.1, 0.15) is 6.23 Å². The van der Waals surface area contributed by atoms with E-state index in [-0.39, 0.29) is 6.61 Å². The maximum absolute atomic E-state index is 11.4. The van der Waals surface area contributed by atoms with E-state index in [1.807, 2.05) is 4.98 Å². The average molecular weight is 244 g/mol. The van der Waals surface area contributed by atoms with E-state index in [4.69, 9.17) is 4.74 Å². The van der Waals surface area contributed by atoms with E-state index < -0.39 is 35.8 Å². The summed E-state index contributed by atoms with van der Waals surface area (Å²) in [6, 6.07) is 1.09. The summed E-state index contributed by atoms with van der Waals surface area (Å²) < 4.78 is 6.01. The van der Waals surface area contributed by atoms with Crippen molar-refractivity contribution in [1.29, 1.82) is 0 Å². The van der Waals surface area contributed by atoms with Crippen molar-refractivity contribution >= 4 is 0 Å². The normalized spacial score (nSPS) is 33.6. The fraction of sp³-hybridized carbons (Fsp3) is 0.556. The minimum atomic E-state index is -1.46. The molecular weight excluding hydrogens is 232 g/mol. The van der Waals surface area contributed by atoms with E-state index in [2.05, 4.69) is 0 Å². The molecule has 0 radical (unpaired) electrons. The minimum Gasteiger partial charge on any atom is -0.388 e. The molecule has 1 saturated heterocycles. The second kappa shape index (κ2) is 4.41. The largest absolute Gasteiger partial charge is 0.388 e. The Hall–Kier alpha value is -1.48. The van der Waals surface area contributed by atoms with Crippen molar-refractivity contribution in [3.63, 3.8) is 0 Å². The van der Waals surface area contributed by atoms with Crippen LogP contribution in [-0.4, -0.2) is 49.8 Å². The Labute approximate surface area is 94.7 Å². The summed E-state index contributed by atoms with van der Waals surface area (Å²) in [5.74, 6) is 0. The number of aromatic amines is 1. The maximum Gasteiger partial charge on any atom is 0.330 e. The van der Waals surface area contributed by atoms with Gasteiger partial charge in [-0.1, -0.05) is 0 Å². The first kappa shape index (κ1) is 12.0. The van der Waals surface area contributed by atoms with E-state index in [0.717, 1.165) is 16.8 Å². The second-order valence-corrected chi connectivity index (χ2v) is 3.79. The Bertz CT molecular complexity index is 509. The quantitative estimate of drug-likeness (QED) is 0.421. The van der Waals surface area contributed by atoms with E-state index in [1.165, 1.54) is 0 Å². The number of aliphatic hydroxyl groups excluding tert-OH is 3. The van der Waals surface area contributed by atoms with Crippen LogP contribution < -0.4 is 11.2 Å². The first-order valence-corrected chi connectivity index (χ1v) is 4.98. The highest BCUT2D eigenvalue weighted by molar-refractivity contribution is 4.90. The lowest BCUT2D eigenvalue weighted by atomic mass is 10.0. The molecule has 0 amide bonds. The topological polar surface area (TPSA) is 125 Å². The maximum atomic E-state index is 11.4. The van der Waals surface area contributed by atoms with Gasteiger partial charge in [0.2, 0.25) is 0 Å². The second-order valence-electron chi connectivity index (χ2n) is 3.79. The highest BCUT2D eigenvalue weighted by Crippen LogP contribution is 2.22. The summed E-state index contributed by atoms with van der Waals surface area (Å²) in [6.07, 6.45) is -4.06. The van der Waals surface area contributed by atoms with Crippen molar-refractivity contribution in [2.45, 2.75) is 24.5 Å². The molecule has 1 aliphatic heterocycles. The molecule has 0 aromatic carbocycles. The van der Waals surface area contributed by atoms with Crippen LogP contribution in [0.3, 0.4) is 0 Å². The zero-order valence-electron chi connectivity index (χ0n) is 8.68. The van der Waals surface area contributed by atoms with Gasteiger partial charge in [0.25, 0.3) is 5.56 Å². The third-order valence-electron chi connectivity index (χ3n) is 2.60. The minimum absolute atomic E-state index is 0.214. The molecule has 8 heteroatoms. The van der Waals surface area contributed by atoms with Crippen LogP contribution in [0.2, 0.25) is 0 Å². The van der Waals surface area contributed by atoms with E-state index in [0.29, 0.717) is 0 Å². The van der Waals surface area contributed by atoms with Gasteiger partial charge >= 0.3 is 5.69 Å². The number of ether oxygens (including phenoxy) is 1. The molecule has 2 heterocycles. The van der Waals surface area contributed by atoms with Crippen LogP contribution in [0.15, 0.2) is 21.9 Å². The van der Waals surface area contributed by atoms with E-state index >= 15 is 0 Å². The smallest absolute Gasteiger partial charge is 0.330 e. The molecule has 17 heavy (non-hydrogen) atoms. The predicted molar refractivity (Wildman–Crippen MR) is 54.3 cm³/mol. The number of nitrogens with zero attached hydrogens (tertiary/aromatic N) is 1.